The van der Waals surface area contributed by atoms with Gasteiger partial charge in [-0.2, -0.15) is 5.10 Å². The first-order valence-electron chi connectivity index (χ1n) is 6.24. The summed E-state index contributed by atoms with van der Waals surface area (Å²) in [4.78, 5) is 26.0. The van der Waals surface area contributed by atoms with Crippen LogP contribution in [0.4, 0.5) is 0 Å². The maximum atomic E-state index is 12.4. The van der Waals surface area contributed by atoms with Gasteiger partial charge in [0.25, 0.3) is 11.8 Å². The van der Waals surface area contributed by atoms with E-state index in [1.54, 1.807) is 32.2 Å². The molecule has 21 heavy (non-hydrogen) atoms. The second-order valence-electron chi connectivity index (χ2n) is 4.86. The van der Waals surface area contributed by atoms with Crippen LogP contribution in [0.15, 0.2) is 22.7 Å². The van der Waals surface area contributed by atoms with Gasteiger partial charge in [0.15, 0.2) is 0 Å². The van der Waals surface area contributed by atoms with E-state index in [0.717, 1.165) is 4.47 Å². The Kier molecular flexibility index (Phi) is 3.37. The molecule has 0 radical (unpaired) electrons. The SMILES string of the molecule is Cc1nn(C)c(Cl)c1CN1C(=O)c2ccc(Br)cc2C1=O. The van der Waals surface area contributed by atoms with Crippen molar-refractivity contribution < 1.29 is 9.59 Å². The zero-order valence-corrected chi connectivity index (χ0v) is 13.7. The second kappa shape index (κ2) is 4.96. The summed E-state index contributed by atoms with van der Waals surface area (Å²) < 4.78 is 2.29. The lowest BCUT2D eigenvalue weighted by Gasteiger charge is -2.13. The number of aromatic nitrogens is 2. The molecule has 0 unspecified atom stereocenters. The number of rotatable bonds is 2. The van der Waals surface area contributed by atoms with Crippen LogP contribution in [0.3, 0.4) is 0 Å². The van der Waals surface area contributed by atoms with Crippen LogP contribution in [0.2, 0.25) is 5.15 Å². The molecule has 2 aromatic rings. The molecular weight excluding hydrogens is 358 g/mol. The van der Waals surface area contributed by atoms with Crippen LogP contribution < -0.4 is 0 Å². The molecule has 0 aliphatic carbocycles. The minimum absolute atomic E-state index is 0.127. The molecule has 0 N–H and O–H groups in total. The zero-order valence-electron chi connectivity index (χ0n) is 11.4. The Morgan fingerprint density at radius 1 is 1.24 bits per heavy atom. The molecule has 108 valence electrons. The first-order chi connectivity index (χ1) is 9.90. The summed E-state index contributed by atoms with van der Waals surface area (Å²) in [7, 11) is 1.72. The van der Waals surface area contributed by atoms with Gasteiger partial charge >= 0.3 is 0 Å². The van der Waals surface area contributed by atoms with Crippen molar-refractivity contribution in [3.8, 4) is 0 Å². The van der Waals surface area contributed by atoms with Crippen molar-refractivity contribution in [1.82, 2.24) is 14.7 Å². The van der Waals surface area contributed by atoms with Crippen LogP contribution in [0, 0.1) is 6.92 Å². The molecule has 7 heteroatoms. The van der Waals surface area contributed by atoms with Crippen LogP contribution in [0.5, 0.6) is 0 Å². The molecule has 1 aliphatic heterocycles. The maximum Gasteiger partial charge on any atom is 0.261 e. The quantitative estimate of drug-likeness (QED) is 0.766. The maximum absolute atomic E-state index is 12.4. The van der Waals surface area contributed by atoms with Crippen LogP contribution in [0.1, 0.15) is 32.0 Å². The average Bonchev–Trinajstić information content (AvgIpc) is 2.81. The zero-order chi connectivity index (χ0) is 15.3. The highest BCUT2D eigenvalue weighted by molar-refractivity contribution is 9.10. The molecule has 0 saturated heterocycles. The van der Waals surface area contributed by atoms with E-state index >= 15 is 0 Å². The van der Waals surface area contributed by atoms with Gasteiger partial charge in [0, 0.05) is 17.1 Å². The van der Waals surface area contributed by atoms with Crippen molar-refractivity contribution in [2.75, 3.05) is 0 Å². The minimum Gasteiger partial charge on any atom is -0.270 e. The summed E-state index contributed by atoms with van der Waals surface area (Å²) in [6.45, 7) is 1.93. The van der Waals surface area contributed by atoms with E-state index in [9.17, 15) is 9.59 Å². The number of benzene rings is 1. The Balaban J connectivity index is 1.99. The molecule has 0 fully saturated rings. The van der Waals surface area contributed by atoms with Gasteiger partial charge in [-0.3, -0.25) is 19.2 Å². The number of carbonyl (C=O) groups excluding carboxylic acids is 2. The van der Waals surface area contributed by atoms with Gasteiger partial charge < -0.3 is 0 Å². The van der Waals surface area contributed by atoms with Crippen LogP contribution in [-0.2, 0) is 13.6 Å². The van der Waals surface area contributed by atoms with Gasteiger partial charge in [-0.25, -0.2) is 0 Å². The van der Waals surface area contributed by atoms with E-state index in [0.29, 0.717) is 27.5 Å². The fourth-order valence-corrected chi connectivity index (χ4v) is 3.01. The number of fused-ring (bicyclic) bond motifs is 1. The smallest absolute Gasteiger partial charge is 0.261 e. The summed E-state index contributed by atoms with van der Waals surface area (Å²) in [5.74, 6) is -0.613. The number of carbonyl (C=O) groups is 2. The van der Waals surface area contributed by atoms with E-state index in [-0.39, 0.29) is 18.4 Å². The minimum atomic E-state index is -0.310. The topological polar surface area (TPSA) is 55.2 Å². The standard InChI is InChI=1S/C14H11BrClN3O2/c1-7-11(12(16)18(2)17-7)6-19-13(20)9-4-3-8(15)5-10(9)14(19)21/h3-5H,6H2,1-2H3. The Morgan fingerprint density at radius 3 is 2.52 bits per heavy atom. The lowest BCUT2D eigenvalue weighted by molar-refractivity contribution is 0.0642. The van der Waals surface area contributed by atoms with E-state index in [2.05, 4.69) is 21.0 Å². The monoisotopic (exact) mass is 367 g/mol. The molecule has 1 aromatic heterocycles. The number of hydrogen-bond acceptors (Lipinski definition) is 3. The Labute approximate surface area is 134 Å². The van der Waals surface area contributed by atoms with Gasteiger partial charge in [0.2, 0.25) is 0 Å². The van der Waals surface area contributed by atoms with E-state index in [4.69, 9.17) is 11.6 Å². The Hall–Kier alpha value is -1.66. The van der Waals surface area contributed by atoms with Crippen molar-refractivity contribution >= 4 is 39.3 Å². The van der Waals surface area contributed by atoms with E-state index < -0.39 is 0 Å². The summed E-state index contributed by atoms with van der Waals surface area (Å²) in [6, 6.07) is 5.06. The largest absolute Gasteiger partial charge is 0.270 e. The number of halogens is 2. The number of imide groups is 1. The molecule has 0 atom stereocenters. The summed E-state index contributed by atoms with van der Waals surface area (Å²) in [5, 5.41) is 4.63. The van der Waals surface area contributed by atoms with Crippen molar-refractivity contribution in [1.29, 1.82) is 0 Å². The molecule has 0 saturated carbocycles. The molecule has 0 spiro atoms. The molecule has 5 nitrogen and oxygen atoms in total. The van der Waals surface area contributed by atoms with Gasteiger partial charge in [-0.05, 0) is 25.1 Å². The predicted molar refractivity (Wildman–Crippen MR) is 81.3 cm³/mol. The molecule has 2 heterocycles. The summed E-state index contributed by atoms with van der Waals surface area (Å²) >= 11 is 9.48. The number of nitrogens with zero attached hydrogens (tertiary/aromatic N) is 3. The molecular formula is C14H11BrClN3O2. The van der Waals surface area contributed by atoms with Gasteiger partial charge in [-0.1, -0.05) is 27.5 Å². The highest BCUT2D eigenvalue weighted by atomic mass is 79.9. The molecule has 1 aliphatic rings. The van der Waals surface area contributed by atoms with E-state index in [1.807, 2.05) is 0 Å². The highest BCUT2D eigenvalue weighted by Gasteiger charge is 2.36. The number of hydrogen-bond donors (Lipinski definition) is 0. The van der Waals surface area contributed by atoms with Gasteiger partial charge in [-0.15, -0.1) is 0 Å². The normalized spacial score (nSPS) is 14.0. The fourth-order valence-electron chi connectivity index (χ4n) is 2.42. The molecule has 1 aromatic carbocycles. The van der Waals surface area contributed by atoms with Crippen molar-refractivity contribution in [3.63, 3.8) is 0 Å². The lowest BCUT2D eigenvalue weighted by Crippen LogP contribution is -2.29. The van der Waals surface area contributed by atoms with Crippen LogP contribution in [0.25, 0.3) is 0 Å². The van der Waals surface area contributed by atoms with Crippen LogP contribution >= 0.6 is 27.5 Å². The molecule has 0 bridgehead atoms. The number of aryl methyl sites for hydroxylation is 2. The third-order valence-corrected chi connectivity index (χ3v) is 4.48. The first-order valence-corrected chi connectivity index (χ1v) is 7.41. The Morgan fingerprint density at radius 2 is 1.90 bits per heavy atom. The lowest BCUT2D eigenvalue weighted by atomic mass is 10.1. The summed E-state index contributed by atoms with van der Waals surface area (Å²) in [6.07, 6.45) is 0. The Bertz CT molecular complexity index is 785. The van der Waals surface area contributed by atoms with Crippen molar-refractivity contribution in [3.05, 3.63) is 50.2 Å². The molecule has 3 rings (SSSR count). The van der Waals surface area contributed by atoms with Crippen molar-refractivity contribution in [2.45, 2.75) is 13.5 Å². The number of amides is 2. The second-order valence-corrected chi connectivity index (χ2v) is 6.14. The van der Waals surface area contributed by atoms with Gasteiger partial charge in [0.05, 0.1) is 23.4 Å². The molecule has 2 amide bonds. The summed E-state index contributed by atoms with van der Waals surface area (Å²) in [5.41, 5.74) is 2.22. The van der Waals surface area contributed by atoms with Gasteiger partial charge in [0.1, 0.15) is 5.15 Å². The average molecular weight is 369 g/mol. The van der Waals surface area contributed by atoms with Crippen LogP contribution in [-0.4, -0.2) is 26.5 Å². The first kappa shape index (κ1) is 14.3. The highest BCUT2D eigenvalue weighted by Crippen LogP contribution is 2.29. The predicted octanol–water partition coefficient (Wildman–Crippen LogP) is 2.94. The fraction of sp³-hybridized carbons (Fsp3) is 0.214. The third-order valence-electron chi connectivity index (χ3n) is 3.52. The van der Waals surface area contributed by atoms with Crippen molar-refractivity contribution in [2.24, 2.45) is 7.05 Å². The third kappa shape index (κ3) is 2.18. The van der Waals surface area contributed by atoms with E-state index in [1.165, 1.54) is 9.58 Å².